The number of anilines is 1. The van der Waals surface area contributed by atoms with Crippen LogP contribution in [-0.4, -0.2) is 34.9 Å². The molecule has 5 nitrogen and oxygen atoms in total. The van der Waals surface area contributed by atoms with Crippen LogP contribution in [0.5, 0.6) is 0 Å². The Morgan fingerprint density at radius 2 is 1.81 bits per heavy atom. The number of hydrogen-bond donors (Lipinski definition) is 3. The van der Waals surface area contributed by atoms with Crippen LogP contribution < -0.4 is 10.2 Å². The van der Waals surface area contributed by atoms with E-state index in [-0.39, 0.29) is 5.91 Å². The van der Waals surface area contributed by atoms with E-state index in [0.717, 1.165) is 11.3 Å². The van der Waals surface area contributed by atoms with Gasteiger partial charge in [0.25, 0.3) is 5.91 Å². The largest absolute Gasteiger partial charge is 0.480 e. The normalized spacial score (nSPS) is 16.8. The Morgan fingerprint density at radius 1 is 1.12 bits per heavy atom. The van der Waals surface area contributed by atoms with E-state index in [9.17, 15) is 14.7 Å². The first-order chi connectivity index (χ1) is 12.6. The molecule has 1 heterocycles. The number of carbonyl (C=O) groups excluding carboxylic acids is 1. The van der Waals surface area contributed by atoms with E-state index in [2.05, 4.69) is 17.9 Å². The highest BCUT2D eigenvalue weighted by Gasteiger charge is 2.31. The van der Waals surface area contributed by atoms with Crippen LogP contribution in [-0.2, 0) is 4.79 Å². The summed E-state index contributed by atoms with van der Waals surface area (Å²) in [7, 11) is 0. The lowest BCUT2D eigenvalue weighted by molar-refractivity contribution is -0.139. The van der Waals surface area contributed by atoms with Gasteiger partial charge in [0.1, 0.15) is 12.2 Å². The van der Waals surface area contributed by atoms with Gasteiger partial charge in [-0.2, -0.15) is 12.6 Å². The third-order valence-electron chi connectivity index (χ3n) is 4.26. The van der Waals surface area contributed by atoms with E-state index in [4.69, 9.17) is 0 Å². The number of para-hydroxylation sites is 1. The number of fused-ring (bicyclic) bond motifs is 1. The Bertz CT molecular complexity index is 823. The average Bonchev–Trinajstić information content (AvgIpc) is 2.67. The van der Waals surface area contributed by atoms with Crippen LogP contribution in [0.2, 0.25) is 0 Å². The van der Waals surface area contributed by atoms with Crippen molar-refractivity contribution >= 4 is 36.3 Å². The number of thiol groups is 1. The lowest BCUT2D eigenvalue weighted by Gasteiger charge is -2.36. The zero-order valence-electron chi connectivity index (χ0n) is 14.1. The second-order valence-corrected chi connectivity index (χ2v) is 6.42. The molecule has 1 aliphatic rings. The van der Waals surface area contributed by atoms with Gasteiger partial charge in [0.2, 0.25) is 0 Å². The Balaban J connectivity index is 1.97. The van der Waals surface area contributed by atoms with Crippen LogP contribution in [0.3, 0.4) is 0 Å². The molecule has 2 aromatic carbocycles. The van der Waals surface area contributed by atoms with Gasteiger partial charge in [-0.05, 0) is 42.0 Å². The van der Waals surface area contributed by atoms with Crippen molar-refractivity contribution in [3.63, 3.8) is 0 Å². The number of amides is 1. The molecule has 0 spiro atoms. The Hall–Kier alpha value is -2.57. The maximum Gasteiger partial charge on any atom is 0.320 e. The summed E-state index contributed by atoms with van der Waals surface area (Å²) in [5.74, 6) is -0.711. The molecule has 0 bridgehead atoms. The minimum atomic E-state index is -0.960. The molecule has 0 aromatic heterocycles. The van der Waals surface area contributed by atoms with Crippen LogP contribution in [0.25, 0.3) is 6.08 Å². The summed E-state index contributed by atoms with van der Waals surface area (Å²) < 4.78 is 0. The summed E-state index contributed by atoms with van der Waals surface area (Å²) in [6.07, 6.45) is 3.52. The first-order valence-corrected chi connectivity index (χ1v) is 9.00. The lowest BCUT2D eigenvalue weighted by atomic mass is 10.0. The van der Waals surface area contributed by atoms with Crippen LogP contribution in [0.15, 0.2) is 60.7 Å². The molecule has 0 saturated carbocycles. The number of carbonyl (C=O) groups is 2. The second-order valence-electron chi connectivity index (χ2n) is 5.97. The minimum absolute atomic E-state index is 0.185. The van der Waals surface area contributed by atoms with Gasteiger partial charge in [0.15, 0.2) is 0 Å². The van der Waals surface area contributed by atoms with Gasteiger partial charge in [-0.1, -0.05) is 42.5 Å². The van der Waals surface area contributed by atoms with Crippen molar-refractivity contribution in [1.82, 2.24) is 5.32 Å². The molecule has 2 atom stereocenters. The van der Waals surface area contributed by atoms with Crippen LogP contribution >= 0.6 is 12.6 Å². The fraction of sp³-hybridized carbons (Fsp3) is 0.200. The van der Waals surface area contributed by atoms with Crippen LogP contribution in [0.4, 0.5) is 5.69 Å². The summed E-state index contributed by atoms with van der Waals surface area (Å²) in [6.45, 7) is 0. The predicted octanol–water partition coefficient (Wildman–Crippen LogP) is 3.05. The van der Waals surface area contributed by atoms with Gasteiger partial charge in [0.05, 0.1) is 5.69 Å². The van der Waals surface area contributed by atoms with E-state index in [1.807, 2.05) is 54.6 Å². The number of hydrogen-bond acceptors (Lipinski definition) is 4. The standard InChI is InChI=1S/C20H20N2O3S/c23-19(15-7-2-1-3-8-15)22-17-9-5-4-6-14(17)10-11-18(22)21-16(12-13-26)20(24)25/h1-11,16,18,21,26H,12-13H2,(H,24,25)/t16?,18-/m0/s1. The molecule has 2 N–H and O–H groups in total. The number of carboxylic acids is 1. The van der Waals surface area contributed by atoms with Gasteiger partial charge >= 0.3 is 5.97 Å². The average molecular weight is 368 g/mol. The van der Waals surface area contributed by atoms with E-state index < -0.39 is 18.2 Å². The Labute approximate surface area is 157 Å². The van der Waals surface area contributed by atoms with E-state index >= 15 is 0 Å². The van der Waals surface area contributed by atoms with Gasteiger partial charge < -0.3 is 5.11 Å². The SMILES string of the molecule is O=C(O)C(CCS)N[C@@H]1C=Cc2ccccc2N1C(=O)c1ccccc1. The Morgan fingerprint density at radius 3 is 2.50 bits per heavy atom. The van der Waals surface area contributed by atoms with Crippen molar-refractivity contribution in [2.24, 2.45) is 0 Å². The van der Waals surface area contributed by atoms with Gasteiger partial charge in [-0.15, -0.1) is 0 Å². The molecule has 1 amide bonds. The van der Waals surface area contributed by atoms with Gasteiger partial charge in [-0.3, -0.25) is 19.8 Å². The highest BCUT2D eigenvalue weighted by molar-refractivity contribution is 7.80. The highest BCUT2D eigenvalue weighted by atomic mass is 32.1. The summed E-state index contributed by atoms with van der Waals surface area (Å²) >= 11 is 4.14. The Kier molecular flexibility index (Phi) is 5.75. The molecule has 1 aliphatic heterocycles. The molecule has 0 fully saturated rings. The first-order valence-electron chi connectivity index (χ1n) is 8.37. The topological polar surface area (TPSA) is 69.6 Å². The molecule has 0 aliphatic carbocycles. The van der Waals surface area contributed by atoms with E-state index in [1.54, 1.807) is 17.0 Å². The molecule has 134 valence electrons. The van der Waals surface area contributed by atoms with Crippen LogP contribution in [0.1, 0.15) is 22.3 Å². The van der Waals surface area contributed by atoms with E-state index in [0.29, 0.717) is 17.7 Å². The van der Waals surface area contributed by atoms with Crippen molar-refractivity contribution in [3.05, 3.63) is 71.8 Å². The number of carboxylic acid groups (broad SMARTS) is 1. The van der Waals surface area contributed by atoms with Gasteiger partial charge in [-0.25, -0.2) is 0 Å². The third kappa shape index (κ3) is 3.81. The molecule has 2 aromatic rings. The molecule has 26 heavy (non-hydrogen) atoms. The zero-order chi connectivity index (χ0) is 18.5. The van der Waals surface area contributed by atoms with Gasteiger partial charge in [0, 0.05) is 5.56 Å². The number of nitrogens with zero attached hydrogens (tertiary/aromatic N) is 1. The molecular weight excluding hydrogens is 348 g/mol. The number of rotatable bonds is 6. The van der Waals surface area contributed by atoms with Crippen molar-refractivity contribution < 1.29 is 14.7 Å². The van der Waals surface area contributed by atoms with E-state index in [1.165, 1.54) is 0 Å². The molecule has 1 unspecified atom stereocenters. The van der Waals surface area contributed by atoms with Crippen molar-refractivity contribution in [2.45, 2.75) is 18.6 Å². The van der Waals surface area contributed by atoms with Crippen LogP contribution in [0, 0.1) is 0 Å². The number of aliphatic carboxylic acids is 1. The summed E-state index contributed by atoms with van der Waals surface area (Å²) in [6, 6.07) is 15.7. The molecule has 0 saturated heterocycles. The fourth-order valence-corrected chi connectivity index (χ4v) is 3.24. The predicted molar refractivity (Wildman–Crippen MR) is 106 cm³/mol. The van der Waals surface area contributed by atoms with Crippen molar-refractivity contribution in [3.8, 4) is 0 Å². The molecule has 6 heteroatoms. The summed E-state index contributed by atoms with van der Waals surface area (Å²) in [5, 5.41) is 12.5. The monoisotopic (exact) mass is 368 g/mol. The summed E-state index contributed by atoms with van der Waals surface area (Å²) in [4.78, 5) is 26.3. The van der Waals surface area contributed by atoms with Crippen molar-refractivity contribution in [1.29, 1.82) is 0 Å². The number of nitrogens with one attached hydrogen (secondary N) is 1. The van der Waals surface area contributed by atoms with Crippen molar-refractivity contribution in [2.75, 3.05) is 10.7 Å². The maximum absolute atomic E-state index is 13.2. The lowest BCUT2D eigenvalue weighted by Crippen LogP contribution is -2.54. The molecule has 0 radical (unpaired) electrons. The minimum Gasteiger partial charge on any atom is -0.480 e. The zero-order valence-corrected chi connectivity index (χ0v) is 15.0. The third-order valence-corrected chi connectivity index (χ3v) is 4.52. The fourth-order valence-electron chi connectivity index (χ4n) is 2.98. The highest BCUT2D eigenvalue weighted by Crippen LogP contribution is 2.29. The smallest absolute Gasteiger partial charge is 0.320 e. The maximum atomic E-state index is 13.2. The molecule has 3 rings (SSSR count). The number of benzene rings is 2. The summed E-state index contributed by atoms with van der Waals surface area (Å²) in [5.41, 5.74) is 2.21. The molecular formula is C20H20N2O3S. The first kappa shape index (κ1) is 18.2. The quantitative estimate of drug-likeness (QED) is 0.686. The second kappa shape index (κ2) is 8.21.